The number of nitrogens with zero attached hydrogens (tertiary/aromatic N) is 2. The molecule has 0 atom stereocenters. The van der Waals surface area contributed by atoms with Crippen LogP contribution in [0.25, 0.3) is 10.8 Å². The van der Waals surface area contributed by atoms with E-state index >= 15 is 0 Å². The normalized spacial score (nSPS) is 11.2. The van der Waals surface area contributed by atoms with Gasteiger partial charge in [0.2, 0.25) is 5.91 Å². The number of anilines is 4. The zero-order valence-corrected chi connectivity index (χ0v) is 19.0. The Hall–Kier alpha value is -4.67. The van der Waals surface area contributed by atoms with Crippen LogP contribution < -0.4 is 21.5 Å². The molecule has 0 aliphatic carbocycles. The number of amides is 1. The summed E-state index contributed by atoms with van der Waals surface area (Å²) in [4.78, 5) is 29.1. The van der Waals surface area contributed by atoms with Crippen LogP contribution in [0.5, 0.6) is 0 Å². The van der Waals surface area contributed by atoms with Crippen molar-refractivity contribution in [2.45, 2.75) is 12.7 Å². The highest BCUT2D eigenvalue weighted by Gasteiger charge is 2.32. The van der Waals surface area contributed by atoms with Crippen LogP contribution in [0.1, 0.15) is 11.3 Å². The minimum absolute atomic E-state index is 0.0798. The molecule has 0 spiro atoms. The number of hydrogen-bond acceptors (Lipinski definition) is 6. The molecule has 0 fully saturated rings. The Balaban J connectivity index is 1.59. The van der Waals surface area contributed by atoms with Crippen LogP contribution in [-0.4, -0.2) is 28.7 Å². The molecule has 4 N–H and O–H groups in total. The van der Waals surface area contributed by atoms with Gasteiger partial charge in [-0.1, -0.05) is 12.1 Å². The lowest BCUT2D eigenvalue weighted by molar-refractivity contribution is -0.141. The molecule has 0 saturated heterocycles. The molecule has 2 aromatic carbocycles. The van der Waals surface area contributed by atoms with Crippen LogP contribution in [0, 0.1) is 5.41 Å². The van der Waals surface area contributed by atoms with Gasteiger partial charge in [-0.2, -0.15) is 13.2 Å². The minimum atomic E-state index is -4.58. The molecular weight excluding hydrogens is 473 g/mol. The first-order valence-corrected chi connectivity index (χ1v) is 10.7. The van der Waals surface area contributed by atoms with Crippen molar-refractivity contribution in [2.75, 3.05) is 23.0 Å². The van der Waals surface area contributed by atoms with Crippen molar-refractivity contribution in [3.8, 4) is 0 Å². The Labute approximate surface area is 203 Å². The lowest BCUT2D eigenvalue weighted by atomic mass is 10.1. The van der Waals surface area contributed by atoms with Crippen LogP contribution in [0.3, 0.4) is 0 Å². The molecule has 36 heavy (non-hydrogen) atoms. The van der Waals surface area contributed by atoms with E-state index in [1.807, 2.05) is 12.1 Å². The maximum Gasteiger partial charge on any atom is 0.433 e. The Bertz CT molecular complexity index is 1500. The average Bonchev–Trinajstić information content (AvgIpc) is 2.85. The number of pyridine rings is 2. The molecule has 0 unspecified atom stereocenters. The molecule has 8 nitrogen and oxygen atoms in total. The molecule has 0 saturated carbocycles. The molecular formula is C25H21F3N6O2. The van der Waals surface area contributed by atoms with Crippen LogP contribution in [0.2, 0.25) is 0 Å². The lowest BCUT2D eigenvalue weighted by Gasteiger charge is -2.14. The summed E-state index contributed by atoms with van der Waals surface area (Å²) in [6, 6.07) is 14.2. The highest BCUT2D eigenvalue weighted by atomic mass is 19.4. The van der Waals surface area contributed by atoms with Gasteiger partial charge in [-0.15, -0.1) is 0 Å². The summed E-state index contributed by atoms with van der Waals surface area (Å²) < 4.78 is 39.3. The number of carbonyl (C=O) groups excluding carboxylic acids is 1. The SMILES string of the molecule is CNc1ccc(Nc2cccc3ccn(CC(=O)Nc4ccc(C(F)(F)F)nc4)c(=O)c23)cc1C=N. The molecule has 2 aromatic heterocycles. The molecule has 0 aliphatic rings. The zero-order valence-electron chi connectivity index (χ0n) is 19.0. The number of hydrogen-bond donors (Lipinski definition) is 4. The third-order valence-electron chi connectivity index (χ3n) is 5.41. The standard InChI is InChI=1S/C25H21F3N6O2/c1-30-19-7-5-17(11-16(19)12-29)32-20-4-2-3-15-9-10-34(24(36)23(15)20)14-22(35)33-18-6-8-21(31-13-18)25(26,27)28/h2-13,29-30,32H,14H2,1H3,(H,33,35). The molecule has 1 amide bonds. The van der Waals surface area contributed by atoms with Gasteiger partial charge in [-0.25, -0.2) is 4.98 Å². The molecule has 2 heterocycles. The summed E-state index contributed by atoms with van der Waals surface area (Å²) >= 11 is 0. The van der Waals surface area contributed by atoms with Crippen molar-refractivity contribution in [3.63, 3.8) is 0 Å². The van der Waals surface area contributed by atoms with Crippen LogP contribution in [0.4, 0.5) is 35.9 Å². The van der Waals surface area contributed by atoms with Crippen LogP contribution in [0.15, 0.2) is 71.8 Å². The van der Waals surface area contributed by atoms with Gasteiger partial charge in [0.1, 0.15) is 12.2 Å². The summed E-state index contributed by atoms with van der Waals surface area (Å²) in [6.45, 7) is -0.348. The van der Waals surface area contributed by atoms with E-state index in [2.05, 4.69) is 20.9 Å². The van der Waals surface area contributed by atoms with Gasteiger partial charge in [0, 0.05) is 36.4 Å². The predicted octanol–water partition coefficient (Wildman–Crippen LogP) is 4.84. The molecule has 0 bridgehead atoms. The number of nitrogens with one attached hydrogen (secondary N) is 4. The number of fused-ring (bicyclic) bond motifs is 1. The summed E-state index contributed by atoms with van der Waals surface area (Å²) in [7, 11) is 1.76. The fraction of sp³-hybridized carbons (Fsp3) is 0.120. The first-order valence-electron chi connectivity index (χ1n) is 10.7. The molecule has 0 aliphatic heterocycles. The predicted molar refractivity (Wildman–Crippen MR) is 133 cm³/mol. The maximum atomic E-state index is 13.3. The smallest absolute Gasteiger partial charge is 0.388 e. The van der Waals surface area contributed by atoms with Crippen molar-refractivity contribution < 1.29 is 18.0 Å². The Morgan fingerprint density at radius 2 is 1.86 bits per heavy atom. The van der Waals surface area contributed by atoms with Gasteiger partial charge in [0.25, 0.3) is 5.56 Å². The van der Waals surface area contributed by atoms with Crippen molar-refractivity contribution in [3.05, 3.63) is 88.6 Å². The van der Waals surface area contributed by atoms with Gasteiger partial charge in [-0.05, 0) is 47.9 Å². The van der Waals surface area contributed by atoms with Gasteiger partial charge in [0.15, 0.2) is 0 Å². The van der Waals surface area contributed by atoms with Crippen molar-refractivity contribution in [1.29, 1.82) is 5.41 Å². The molecule has 184 valence electrons. The third kappa shape index (κ3) is 5.19. The van der Waals surface area contributed by atoms with Gasteiger partial charge >= 0.3 is 6.18 Å². The number of halogens is 3. The summed E-state index contributed by atoms with van der Waals surface area (Å²) in [6.07, 6.45) is -0.970. The quantitative estimate of drug-likeness (QED) is 0.275. The second kappa shape index (κ2) is 9.90. The molecule has 4 rings (SSSR count). The summed E-state index contributed by atoms with van der Waals surface area (Å²) in [5.41, 5.74) is 1.22. The summed E-state index contributed by atoms with van der Waals surface area (Å²) in [5, 5.41) is 17.3. The minimum Gasteiger partial charge on any atom is -0.388 e. The molecule has 4 aromatic rings. The average molecular weight is 494 g/mol. The molecule has 11 heteroatoms. The topological polar surface area (TPSA) is 112 Å². The van der Waals surface area contributed by atoms with E-state index in [1.165, 1.54) is 17.0 Å². The maximum absolute atomic E-state index is 13.3. The Morgan fingerprint density at radius 1 is 1.08 bits per heavy atom. The second-order valence-electron chi connectivity index (χ2n) is 7.82. The van der Waals surface area contributed by atoms with E-state index in [9.17, 15) is 22.8 Å². The van der Waals surface area contributed by atoms with Crippen molar-refractivity contribution in [1.82, 2.24) is 9.55 Å². The zero-order chi connectivity index (χ0) is 25.9. The largest absolute Gasteiger partial charge is 0.433 e. The fourth-order valence-corrected chi connectivity index (χ4v) is 3.69. The van der Waals surface area contributed by atoms with Gasteiger partial charge in [0.05, 0.1) is 23.0 Å². The van der Waals surface area contributed by atoms with E-state index in [0.29, 0.717) is 27.7 Å². The number of alkyl halides is 3. The van der Waals surface area contributed by atoms with E-state index < -0.39 is 23.3 Å². The monoisotopic (exact) mass is 494 g/mol. The van der Waals surface area contributed by atoms with Gasteiger partial charge in [-0.3, -0.25) is 9.59 Å². The summed E-state index contributed by atoms with van der Waals surface area (Å²) in [5.74, 6) is -0.596. The fourth-order valence-electron chi connectivity index (χ4n) is 3.69. The first-order chi connectivity index (χ1) is 17.2. The Morgan fingerprint density at radius 3 is 2.53 bits per heavy atom. The number of carbonyl (C=O) groups is 1. The van der Waals surface area contributed by atoms with E-state index in [1.54, 1.807) is 37.4 Å². The van der Waals surface area contributed by atoms with Gasteiger partial charge < -0.3 is 25.9 Å². The van der Waals surface area contributed by atoms with E-state index in [4.69, 9.17) is 5.41 Å². The van der Waals surface area contributed by atoms with E-state index in [-0.39, 0.29) is 12.2 Å². The van der Waals surface area contributed by atoms with E-state index in [0.717, 1.165) is 24.0 Å². The van der Waals surface area contributed by atoms with Crippen LogP contribution in [-0.2, 0) is 17.5 Å². The first kappa shape index (κ1) is 24.5. The lowest BCUT2D eigenvalue weighted by Crippen LogP contribution is -2.27. The van der Waals surface area contributed by atoms with Crippen LogP contribution >= 0.6 is 0 Å². The van der Waals surface area contributed by atoms with Crippen molar-refractivity contribution >= 4 is 45.6 Å². The number of benzene rings is 2. The Kier molecular flexibility index (Phi) is 6.73. The highest BCUT2D eigenvalue weighted by molar-refractivity contribution is 5.96. The molecule has 0 radical (unpaired) electrons. The number of aromatic nitrogens is 2. The third-order valence-corrected chi connectivity index (χ3v) is 5.41. The second-order valence-corrected chi connectivity index (χ2v) is 7.82. The van der Waals surface area contributed by atoms with Crippen molar-refractivity contribution in [2.24, 2.45) is 0 Å². The number of rotatable bonds is 7. The highest BCUT2D eigenvalue weighted by Crippen LogP contribution is 2.28.